The number of hydrogen-bond donors (Lipinski definition) is 1. The first kappa shape index (κ1) is 27.5. The summed E-state index contributed by atoms with van der Waals surface area (Å²) < 4.78 is 59.4. The fourth-order valence-electron chi connectivity index (χ4n) is 3.64. The van der Waals surface area contributed by atoms with E-state index < -0.39 is 54.1 Å². The van der Waals surface area contributed by atoms with E-state index in [1.165, 1.54) is 26.1 Å². The minimum atomic E-state index is -4.72. The van der Waals surface area contributed by atoms with Crippen molar-refractivity contribution in [1.29, 1.82) is 0 Å². The average molecular weight is 533 g/mol. The van der Waals surface area contributed by atoms with Gasteiger partial charge in [0.2, 0.25) is 6.35 Å². The van der Waals surface area contributed by atoms with Crippen molar-refractivity contribution in [3.05, 3.63) is 52.4 Å². The number of aliphatic hydroxyl groups excluding tert-OH is 1. The molecule has 36 heavy (non-hydrogen) atoms. The Morgan fingerprint density at radius 2 is 1.83 bits per heavy atom. The molecule has 1 aliphatic heterocycles. The van der Waals surface area contributed by atoms with Crippen molar-refractivity contribution in [1.82, 2.24) is 9.88 Å². The Morgan fingerprint density at radius 3 is 2.39 bits per heavy atom. The van der Waals surface area contributed by atoms with Crippen molar-refractivity contribution in [2.75, 3.05) is 23.4 Å². The molecular weight excluding hydrogens is 508 g/mol. The molecule has 0 aliphatic carbocycles. The lowest BCUT2D eigenvalue weighted by Gasteiger charge is -2.31. The minimum absolute atomic E-state index is 0.0207. The van der Waals surface area contributed by atoms with Crippen LogP contribution in [0.15, 0.2) is 30.3 Å². The predicted molar refractivity (Wildman–Crippen MR) is 124 cm³/mol. The zero-order valence-electron chi connectivity index (χ0n) is 20.1. The first-order valence-electron chi connectivity index (χ1n) is 10.7. The number of aromatic nitrogens is 1. The molecule has 0 spiro atoms. The molecule has 0 radical (unpaired) electrons. The highest BCUT2D eigenvalue weighted by Crippen LogP contribution is 2.35. The second-order valence-electron chi connectivity index (χ2n) is 9.25. The van der Waals surface area contributed by atoms with E-state index in [0.29, 0.717) is 6.07 Å². The van der Waals surface area contributed by atoms with Crippen LogP contribution < -0.4 is 9.80 Å². The quantitative estimate of drug-likeness (QED) is 0.583. The molecule has 3 rings (SSSR count). The Kier molecular flexibility index (Phi) is 7.43. The Labute approximate surface area is 210 Å². The van der Waals surface area contributed by atoms with Gasteiger partial charge in [-0.1, -0.05) is 11.6 Å². The van der Waals surface area contributed by atoms with Gasteiger partial charge in [-0.05, 0) is 58.0 Å². The molecule has 8 nitrogen and oxygen atoms in total. The summed E-state index contributed by atoms with van der Waals surface area (Å²) in [6.45, 7) is 5.69. The van der Waals surface area contributed by atoms with Crippen LogP contribution in [0.25, 0.3) is 0 Å². The van der Waals surface area contributed by atoms with Gasteiger partial charge < -0.3 is 14.7 Å². The smallest absolute Gasteiger partial charge is 0.416 e. The van der Waals surface area contributed by atoms with Gasteiger partial charge in [0.1, 0.15) is 23.3 Å². The van der Waals surface area contributed by atoms with E-state index >= 15 is 0 Å². The fraction of sp³-hybridized carbons (Fsp3) is 0.435. The second-order valence-corrected chi connectivity index (χ2v) is 9.66. The minimum Gasteiger partial charge on any atom is -0.444 e. The number of halogens is 5. The van der Waals surface area contributed by atoms with Gasteiger partial charge in [-0.2, -0.15) is 13.2 Å². The monoisotopic (exact) mass is 532 g/mol. The summed E-state index contributed by atoms with van der Waals surface area (Å²) >= 11 is 5.82. The van der Waals surface area contributed by atoms with E-state index in [1.807, 2.05) is 0 Å². The van der Waals surface area contributed by atoms with Crippen LogP contribution in [-0.2, 0) is 15.7 Å². The van der Waals surface area contributed by atoms with Crippen molar-refractivity contribution in [3.63, 3.8) is 0 Å². The SMILES string of the molecule is Cc1cc(C(F)(F)F)cc(N2C(O)N(C(=O)OC(C)(C)C)C[C@H]2C(=O)N(C)c2ccc(F)c(Cl)c2)n1. The van der Waals surface area contributed by atoms with Crippen LogP contribution in [-0.4, -0.2) is 58.6 Å². The summed E-state index contributed by atoms with van der Waals surface area (Å²) in [6, 6.07) is 3.67. The van der Waals surface area contributed by atoms with Crippen LogP contribution in [0.4, 0.5) is 33.9 Å². The van der Waals surface area contributed by atoms with E-state index in [9.17, 15) is 32.3 Å². The number of amides is 2. The number of rotatable bonds is 3. The summed E-state index contributed by atoms with van der Waals surface area (Å²) in [6.07, 6.45) is -7.57. The number of nitrogens with zero attached hydrogens (tertiary/aromatic N) is 4. The maximum atomic E-state index is 13.6. The van der Waals surface area contributed by atoms with Crippen molar-refractivity contribution in [2.24, 2.45) is 0 Å². The van der Waals surface area contributed by atoms with Gasteiger partial charge >= 0.3 is 12.3 Å². The third-order valence-electron chi connectivity index (χ3n) is 5.30. The molecule has 196 valence electrons. The molecule has 1 aromatic carbocycles. The summed E-state index contributed by atoms with van der Waals surface area (Å²) in [7, 11) is 1.34. The van der Waals surface area contributed by atoms with Crippen LogP contribution in [0.5, 0.6) is 0 Å². The van der Waals surface area contributed by atoms with Gasteiger partial charge in [-0.15, -0.1) is 0 Å². The molecule has 2 aromatic rings. The molecule has 2 atom stereocenters. The van der Waals surface area contributed by atoms with Crippen molar-refractivity contribution >= 4 is 35.1 Å². The molecule has 1 aromatic heterocycles. The standard InChI is InChI=1S/C23H25ClF4N4O4/c1-12-8-13(23(26,27)28)9-18(29-12)32-17(11-31(20(32)34)21(35)36-22(2,3)4)19(33)30(5)14-6-7-16(25)15(24)10-14/h6-10,17,20,34H,11H2,1-5H3/t17-,20?/m0/s1. The van der Waals surface area contributed by atoms with E-state index in [1.54, 1.807) is 20.8 Å². The molecule has 1 fully saturated rings. The van der Waals surface area contributed by atoms with Gasteiger partial charge in [0.05, 0.1) is 17.1 Å². The Bertz CT molecular complexity index is 1170. The maximum Gasteiger partial charge on any atom is 0.416 e. The average Bonchev–Trinajstić information content (AvgIpc) is 3.09. The molecule has 1 aliphatic rings. The van der Waals surface area contributed by atoms with Crippen molar-refractivity contribution in [2.45, 2.75) is 51.9 Å². The molecule has 1 unspecified atom stereocenters. The highest BCUT2D eigenvalue weighted by molar-refractivity contribution is 6.31. The lowest BCUT2D eigenvalue weighted by atomic mass is 10.1. The van der Waals surface area contributed by atoms with E-state index in [-0.39, 0.29) is 22.2 Å². The number of anilines is 2. The van der Waals surface area contributed by atoms with E-state index in [4.69, 9.17) is 16.3 Å². The highest BCUT2D eigenvalue weighted by atomic mass is 35.5. The first-order valence-corrected chi connectivity index (χ1v) is 11.1. The largest absolute Gasteiger partial charge is 0.444 e. The van der Waals surface area contributed by atoms with Gasteiger partial charge in [-0.3, -0.25) is 14.6 Å². The molecular formula is C23H25ClF4N4O4. The van der Waals surface area contributed by atoms with Crippen molar-refractivity contribution in [3.8, 4) is 0 Å². The Balaban J connectivity index is 2.06. The van der Waals surface area contributed by atoms with Gasteiger partial charge in [0.25, 0.3) is 5.91 Å². The molecule has 13 heteroatoms. The number of aliphatic hydroxyl groups is 1. The van der Waals surface area contributed by atoms with E-state index in [2.05, 4.69) is 4.98 Å². The number of alkyl halides is 3. The molecule has 0 saturated carbocycles. The maximum absolute atomic E-state index is 13.6. The zero-order valence-corrected chi connectivity index (χ0v) is 20.9. The van der Waals surface area contributed by atoms with Gasteiger partial charge in [0.15, 0.2) is 0 Å². The van der Waals surface area contributed by atoms with E-state index in [0.717, 1.165) is 26.8 Å². The van der Waals surface area contributed by atoms with Crippen LogP contribution >= 0.6 is 11.6 Å². The van der Waals surface area contributed by atoms with Crippen LogP contribution in [0, 0.1) is 12.7 Å². The van der Waals surface area contributed by atoms with Crippen LogP contribution in [0.3, 0.4) is 0 Å². The number of carbonyl (C=O) groups excluding carboxylic acids is 2. The number of likely N-dealkylation sites (N-methyl/N-ethyl adjacent to an activating group) is 1. The zero-order chi connectivity index (χ0) is 27.2. The summed E-state index contributed by atoms with van der Waals surface area (Å²) in [5.41, 5.74) is -1.83. The Morgan fingerprint density at radius 1 is 1.19 bits per heavy atom. The van der Waals surface area contributed by atoms with Gasteiger partial charge in [-0.25, -0.2) is 14.2 Å². The summed E-state index contributed by atoms with van der Waals surface area (Å²) in [5.74, 6) is -1.80. The number of benzene rings is 1. The second kappa shape index (κ2) is 9.74. The predicted octanol–water partition coefficient (Wildman–Crippen LogP) is 4.57. The van der Waals surface area contributed by atoms with Crippen LogP contribution in [0.1, 0.15) is 32.0 Å². The fourth-order valence-corrected chi connectivity index (χ4v) is 3.81. The molecule has 0 bridgehead atoms. The summed E-state index contributed by atoms with van der Waals surface area (Å²) in [4.78, 5) is 33.2. The van der Waals surface area contributed by atoms with Crippen LogP contribution in [0.2, 0.25) is 5.02 Å². The molecule has 1 N–H and O–H groups in total. The molecule has 1 saturated heterocycles. The molecule has 2 heterocycles. The number of carbonyl (C=O) groups is 2. The van der Waals surface area contributed by atoms with Gasteiger partial charge in [0, 0.05) is 18.4 Å². The molecule has 2 amide bonds. The normalized spacial score (nSPS) is 18.4. The number of pyridine rings is 1. The third kappa shape index (κ3) is 5.81. The highest BCUT2D eigenvalue weighted by Gasteiger charge is 2.48. The Hall–Kier alpha value is -3.12. The number of ether oxygens (including phenoxy) is 1. The number of hydrogen-bond acceptors (Lipinski definition) is 6. The van der Waals surface area contributed by atoms with Crippen molar-refractivity contribution < 1.29 is 37.0 Å². The first-order chi connectivity index (χ1) is 16.5. The lowest BCUT2D eigenvalue weighted by Crippen LogP contribution is -2.49. The summed E-state index contributed by atoms with van der Waals surface area (Å²) in [5, 5.41) is 10.7. The third-order valence-corrected chi connectivity index (χ3v) is 5.59. The topological polar surface area (TPSA) is 86.2 Å². The number of aryl methyl sites for hydroxylation is 1. The lowest BCUT2D eigenvalue weighted by molar-refractivity contribution is -0.137.